The fourth-order valence-corrected chi connectivity index (χ4v) is 5.21. The predicted molar refractivity (Wildman–Crippen MR) is 135 cm³/mol. The van der Waals surface area contributed by atoms with Crippen LogP contribution in [0.5, 0.6) is 0 Å². The maximum absolute atomic E-state index is 12.5. The van der Waals surface area contributed by atoms with Gasteiger partial charge in [-0.3, -0.25) is 4.79 Å². The zero-order valence-electron chi connectivity index (χ0n) is 17.7. The first kappa shape index (κ1) is 22.6. The van der Waals surface area contributed by atoms with Crippen LogP contribution >= 0.6 is 34.9 Å². The highest BCUT2D eigenvalue weighted by Crippen LogP contribution is 2.23. The van der Waals surface area contributed by atoms with E-state index < -0.39 is 0 Å². The summed E-state index contributed by atoms with van der Waals surface area (Å²) in [5.41, 5.74) is 2.08. The second kappa shape index (κ2) is 11.4. The van der Waals surface area contributed by atoms with Crippen molar-refractivity contribution in [3.63, 3.8) is 0 Å². The van der Waals surface area contributed by atoms with Gasteiger partial charge in [0.15, 0.2) is 5.16 Å². The summed E-state index contributed by atoms with van der Waals surface area (Å²) in [6.07, 6.45) is 3.65. The van der Waals surface area contributed by atoms with Gasteiger partial charge >= 0.3 is 0 Å². The first-order valence-corrected chi connectivity index (χ1v) is 13.4. The standard InChI is InChI=1S/C24H24N4OS3/c1-30-20-10-5-9-19(15-20)25-23(29)17-32-24-27-26-22(16-21-11-6-14-31-21)28(24)13-12-18-7-3-2-4-8-18/h2-11,14-15H,12-13,16-17H2,1H3,(H,25,29). The molecule has 1 N–H and O–H groups in total. The monoisotopic (exact) mass is 480 g/mol. The fourth-order valence-electron chi connectivity index (χ4n) is 3.26. The van der Waals surface area contributed by atoms with Crippen molar-refractivity contribution in [3.05, 3.63) is 88.4 Å². The molecule has 0 saturated heterocycles. The van der Waals surface area contributed by atoms with Crippen LogP contribution < -0.4 is 5.32 Å². The van der Waals surface area contributed by atoms with Gasteiger partial charge < -0.3 is 9.88 Å². The van der Waals surface area contributed by atoms with Crippen molar-refractivity contribution in [2.24, 2.45) is 0 Å². The molecule has 0 atom stereocenters. The van der Waals surface area contributed by atoms with Gasteiger partial charge in [0.1, 0.15) is 5.82 Å². The Hall–Kier alpha value is -2.55. The normalized spacial score (nSPS) is 10.9. The van der Waals surface area contributed by atoms with Crippen molar-refractivity contribution in [3.8, 4) is 0 Å². The van der Waals surface area contributed by atoms with E-state index in [4.69, 9.17) is 0 Å². The molecule has 4 aromatic rings. The van der Waals surface area contributed by atoms with Crippen molar-refractivity contribution >= 4 is 46.5 Å². The number of nitrogens with zero attached hydrogens (tertiary/aromatic N) is 3. The number of nitrogens with one attached hydrogen (secondary N) is 1. The Morgan fingerprint density at radius 3 is 2.72 bits per heavy atom. The zero-order valence-corrected chi connectivity index (χ0v) is 20.2. The average Bonchev–Trinajstić information content (AvgIpc) is 3.47. The molecule has 0 bridgehead atoms. The Morgan fingerprint density at radius 1 is 1.06 bits per heavy atom. The minimum absolute atomic E-state index is 0.0503. The van der Waals surface area contributed by atoms with Crippen LogP contribution in [0.4, 0.5) is 5.69 Å². The molecule has 1 amide bonds. The van der Waals surface area contributed by atoms with Crippen molar-refractivity contribution in [1.29, 1.82) is 0 Å². The third-order valence-corrected chi connectivity index (χ3v) is 7.43. The minimum Gasteiger partial charge on any atom is -0.325 e. The van der Waals surface area contributed by atoms with E-state index in [1.807, 2.05) is 36.6 Å². The van der Waals surface area contributed by atoms with E-state index in [1.54, 1.807) is 23.1 Å². The van der Waals surface area contributed by atoms with Gasteiger partial charge in [-0.2, -0.15) is 0 Å². The third-order valence-electron chi connectivity index (χ3n) is 4.86. The largest absolute Gasteiger partial charge is 0.325 e. The Labute approximate surface area is 200 Å². The number of amides is 1. The van der Waals surface area contributed by atoms with Gasteiger partial charge in [-0.1, -0.05) is 54.2 Å². The zero-order chi connectivity index (χ0) is 22.2. The van der Waals surface area contributed by atoms with Crippen LogP contribution in [0.2, 0.25) is 0 Å². The number of hydrogen-bond acceptors (Lipinski definition) is 6. The van der Waals surface area contributed by atoms with E-state index in [0.717, 1.165) is 41.0 Å². The molecule has 0 aliphatic carbocycles. The first-order chi connectivity index (χ1) is 15.7. The first-order valence-electron chi connectivity index (χ1n) is 10.3. The Balaban J connectivity index is 1.44. The van der Waals surface area contributed by atoms with Crippen molar-refractivity contribution in [2.45, 2.75) is 29.4 Å². The number of hydrogen-bond donors (Lipinski definition) is 1. The van der Waals surface area contributed by atoms with Gasteiger partial charge in [-0.05, 0) is 47.9 Å². The van der Waals surface area contributed by atoms with Gasteiger partial charge in [0.05, 0.1) is 5.75 Å². The number of rotatable bonds is 10. The second-order valence-electron chi connectivity index (χ2n) is 7.11. The number of carbonyl (C=O) groups excluding carboxylic acids is 1. The molecule has 0 aliphatic heterocycles. The molecular weight excluding hydrogens is 456 g/mol. The molecule has 2 heterocycles. The lowest BCUT2D eigenvalue weighted by molar-refractivity contribution is -0.113. The third kappa shape index (κ3) is 6.25. The number of thiophene rings is 1. The summed E-state index contributed by atoms with van der Waals surface area (Å²) in [5.74, 6) is 1.16. The average molecular weight is 481 g/mol. The highest BCUT2D eigenvalue weighted by molar-refractivity contribution is 7.99. The van der Waals surface area contributed by atoms with Crippen molar-refractivity contribution in [2.75, 3.05) is 17.3 Å². The van der Waals surface area contributed by atoms with Crippen LogP contribution in [0, 0.1) is 0 Å². The minimum atomic E-state index is -0.0503. The number of carbonyl (C=O) groups is 1. The van der Waals surface area contributed by atoms with E-state index >= 15 is 0 Å². The van der Waals surface area contributed by atoms with Gasteiger partial charge in [0.25, 0.3) is 0 Å². The number of anilines is 1. The molecule has 0 unspecified atom stereocenters. The smallest absolute Gasteiger partial charge is 0.234 e. The van der Waals surface area contributed by atoms with Gasteiger partial charge in [-0.25, -0.2) is 0 Å². The lowest BCUT2D eigenvalue weighted by Crippen LogP contribution is -2.15. The summed E-state index contributed by atoms with van der Waals surface area (Å²) in [7, 11) is 0. The van der Waals surface area contributed by atoms with E-state index in [-0.39, 0.29) is 11.7 Å². The van der Waals surface area contributed by atoms with Crippen LogP contribution in [0.1, 0.15) is 16.3 Å². The highest BCUT2D eigenvalue weighted by Gasteiger charge is 2.15. The quantitative estimate of drug-likeness (QED) is 0.298. The maximum Gasteiger partial charge on any atom is 0.234 e. The van der Waals surface area contributed by atoms with Crippen molar-refractivity contribution < 1.29 is 4.79 Å². The fraction of sp³-hybridized carbons (Fsp3) is 0.208. The molecule has 0 saturated carbocycles. The molecule has 0 radical (unpaired) electrons. The molecule has 5 nitrogen and oxygen atoms in total. The van der Waals surface area contributed by atoms with E-state index in [0.29, 0.717) is 0 Å². The lowest BCUT2D eigenvalue weighted by atomic mass is 10.1. The maximum atomic E-state index is 12.5. The Kier molecular flexibility index (Phi) is 8.03. The molecule has 2 aromatic heterocycles. The van der Waals surface area contributed by atoms with Crippen LogP contribution in [0.15, 0.2) is 82.2 Å². The summed E-state index contributed by atoms with van der Waals surface area (Å²) >= 11 is 4.80. The van der Waals surface area contributed by atoms with Crippen LogP contribution in [-0.4, -0.2) is 32.7 Å². The number of thioether (sulfide) groups is 2. The number of benzene rings is 2. The molecule has 0 fully saturated rings. The van der Waals surface area contributed by atoms with Crippen molar-refractivity contribution in [1.82, 2.24) is 14.8 Å². The van der Waals surface area contributed by atoms with E-state index in [2.05, 4.69) is 61.9 Å². The highest BCUT2D eigenvalue weighted by atomic mass is 32.2. The summed E-state index contributed by atoms with van der Waals surface area (Å²) in [6.45, 7) is 0.775. The van der Waals surface area contributed by atoms with E-state index in [1.165, 1.54) is 22.2 Å². The summed E-state index contributed by atoms with van der Waals surface area (Å²) < 4.78 is 2.15. The molecule has 8 heteroatoms. The Bertz CT molecular complexity index is 1140. The second-order valence-corrected chi connectivity index (χ2v) is 9.97. The molecular formula is C24H24N4OS3. The van der Waals surface area contributed by atoms with Crippen LogP contribution in [0.3, 0.4) is 0 Å². The SMILES string of the molecule is CSc1cccc(NC(=O)CSc2nnc(Cc3cccs3)n2CCc2ccccc2)c1. The number of aromatic nitrogens is 3. The van der Waals surface area contributed by atoms with Crippen LogP contribution in [0.25, 0.3) is 0 Å². The summed E-state index contributed by atoms with van der Waals surface area (Å²) in [5, 5.41) is 14.7. The molecule has 0 spiro atoms. The molecule has 164 valence electrons. The van der Waals surface area contributed by atoms with Gasteiger partial charge in [-0.15, -0.1) is 33.3 Å². The van der Waals surface area contributed by atoms with Gasteiger partial charge in [0.2, 0.25) is 5.91 Å². The molecule has 0 aliphatic rings. The Morgan fingerprint density at radius 2 is 1.94 bits per heavy atom. The molecule has 2 aromatic carbocycles. The summed E-state index contributed by atoms with van der Waals surface area (Å²) in [4.78, 5) is 14.9. The topological polar surface area (TPSA) is 59.8 Å². The van der Waals surface area contributed by atoms with Gasteiger partial charge in [0, 0.05) is 28.4 Å². The molecule has 4 rings (SSSR count). The lowest BCUT2D eigenvalue weighted by Gasteiger charge is -2.10. The summed E-state index contributed by atoms with van der Waals surface area (Å²) in [6, 6.07) is 22.4. The van der Waals surface area contributed by atoms with E-state index in [9.17, 15) is 4.79 Å². The molecule has 32 heavy (non-hydrogen) atoms. The predicted octanol–water partition coefficient (Wildman–Crippen LogP) is 5.63. The van der Waals surface area contributed by atoms with Crippen LogP contribution in [-0.2, 0) is 24.2 Å². The number of aryl methyl sites for hydroxylation is 1.